The number of ether oxygens (including phenoxy) is 3. The van der Waals surface area contributed by atoms with E-state index in [0.29, 0.717) is 31.1 Å². The number of nitrogens with zero attached hydrogens (tertiary/aromatic N) is 1. The first kappa shape index (κ1) is 19.8. The highest BCUT2D eigenvalue weighted by molar-refractivity contribution is 6.00. The molecule has 0 aliphatic heterocycles. The van der Waals surface area contributed by atoms with Crippen LogP contribution >= 0.6 is 0 Å². The molecule has 6 heteroatoms. The first-order valence-electron chi connectivity index (χ1n) is 8.86. The lowest BCUT2D eigenvalue weighted by atomic mass is 9.78. The van der Waals surface area contributed by atoms with Gasteiger partial charge in [0.2, 0.25) is 0 Å². The SMILES string of the molecule is CCOC(=O)c1cc2c(C(C)(CC)C(=O)OCC)c(OC)ccc2n1C. The Morgan fingerprint density at radius 2 is 1.77 bits per heavy atom. The van der Waals surface area contributed by atoms with Crippen molar-refractivity contribution >= 4 is 22.8 Å². The lowest BCUT2D eigenvalue weighted by Gasteiger charge is -2.28. The predicted octanol–water partition coefficient (Wildman–Crippen LogP) is 3.59. The standard InChI is InChI=1S/C20H27NO5/c1-7-20(4,19(23)26-9-3)17-13-12-15(18(22)25-8-2)21(5)14(13)10-11-16(17)24-6/h10-12H,7-9H2,1-6H3. The first-order chi connectivity index (χ1) is 12.3. The van der Waals surface area contributed by atoms with Crippen molar-refractivity contribution in [2.24, 2.45) is 7.05 Å². The Morgan fingerprint density at radius 3 is 2.31 bits per heavy atom. The number of rotatable bonds is 7. The van der Waals surface area contributed by atoms with Crippen molar-refractivity contribution in [3.63, 3.8) is 0 Å². The van der Waals surface area contributed by atoms with E-state index in [-0.39, 0.29) is 5.97 Å². The van der Waals surface area contributed by atoms with Crippen LogP contribution in [0.3, 0.4) is 0 Å². The topological polar surface area (TPSA) is 66.8 Å². The first-order valence-corrected chi connectivity index (χ1v) is 8.86. The van der Waals surface area contributed by atoms with E-state index in [1.165, 1.54) is 0 Å². The highest BCUT2D eigenvalue weighted by atomic mass is 16.5. The number of carbonyl (C=O) groups excluding carboxylic acids is 2. The van der Waals surface area contributed by atoms with E-state index in [0.717, 1.165) is 16.5 Å². The molecular formula is C20H27NO5. The van der Waals surface area contributed by atoms with Crippen molar-refractivity contribution < 1.29 is 23.8 Å². The van der Waals surface area contributed by atoms with Gasteiger partial charge >= 0.3 is 11.9 Å². The van der Waals surface area contributed by atoms with Gasteiger partial charge in [0.15, 0.2) is 0 Å². The van der Waals surface area contributed by atoms with Crippen LogP contribution in [0.4, 0.5) is 0 Å². The fraction of sp³-hybridized carbons (Fsp3) is 0.500. The number of benzene rings is 1. The van der Waals surface area contributed by atoms with E-state index in [9.17, 15) is 9.59 Å². The Kier molecular flexibility index (Phi) is 5.95. The van der Waals surface area contributed by atoms with Gasteiger partial charge in [-0.15, -0.1) is 0 Å². The second-order valence-electron chi connectivity index (χ2n) is 6.29. The summed E-state index contributed by atoms with van der Waals surface area (Å²) in [4.78, 5) is 25.1. The molecule has 1 unspecified atom stereocenters. The third-order valence-electron chi connectivity index (χ3n) is 4.88. The Bertz CT molecular complexity index is 823. The molecule has 0 radical (unpaired) electrons. The van der Waals surface area contributed by atoms with Crippen molar-refractivity contribution in [2.75, 3.05) is 20.3 Å². The molecule has 0 spiro atoms. The Hall–Kier alpha value is -2.50. The van der Waals surface area contributed by atoms with E-state index in [1.54, 1.807) is 38.6 Å². The monoisotopic (exact) mass is 361 g/mol. The fourth-order valence-electron chi connectivity index (χ4n) is 3.24. The molecule has 142 valence electrons. The molecule has 0 N–H and O–H groups in total. The molecule has 6 nitrogen and oxygen atoms in total. The van der Waals surface area contributed by atoms with Crippen LogP contribution in [-0.4, -0.2) is 36.8 Å². The summed E-state index contributed by atoms with van der Waals surface area (Å²) in [6.45, 7) is 7.93. The number of esters is 2. The van der Waals surface area contributed by atoms with Crippen LogP contribution in [-0.2, 0) is 26.7 Å². The minimum Gasteiger partial charge on any atom is -0.496 e. The normalized spacial score (nSPS) is 13.3. The quantitative estimate of drug-likeness (QED) is 0.705. The molecule has 26 heavy (non-hydrogen) atoms. The highest BCUT2D eigenvalue weighted by Gasteiger charge is 2.39. The van der Waals surface area contributed by atoms with Crippen molar-refractivity contribution in [3.05, 3.63) is 29.5 Å². The molecule has 1 atom stereocenters. The molecule has 1 heterocycles. The summed E-state index contributed by atoms with van der Waals surface area (Å²) >= 11 is 0. The minimum atomic E-state index is -0.895. The summed E-state index contributed by atoms with van der Waals surface area (Å²) in [6, 6.07) is 5.46. The predicted molar refractivity (Wildman–Crippen MR) is 99.7 cm³/mol. The maximum Gasteiger partial charge on any atom is 0.354 e. The lowest BCUT2D eigenvalue weighted by molar-refractivity contribution is -0.149. The minimum absolute atomic E-state index is 0.298. The number of carbonyl (C=O) groups is 2. The fourth-order valence-corrected chi connectivity index (χ4v) is 3.24. The highest BCUT2D eigenvalue weighted by Crippen LogP contribution is 2.41. The number of fused-ring (bicyclic) bond motifs is 1. The van der Waals surface area contributed by atoms with E-state index in [1.807, 2.05) is 26.0 Å². The van der Waals surface area contributed by atoms with Gasteiger partial charge in [-0.3, -0.25) is 4.79 Å². The summed E-state index contributed by atoms with van der Waals surface area (Å²) in [6.07, 6.45) is 0.533. The molecule has 0 aliphatic carbocycles. The van der Waals surface area contributed by atoms with E-state index in [2.05, 4.69) is 0 Å². The smallest absolute Gasteiger partial charge is 0.354 e. The maximum atomic E-state index is 12.8. The molecule has 2 aromatic rings. The molecule has 0 saturated carbocycles. The summed E-state index contributed by atoms with van der Waals surface area (Å²) in [5.74, 6) is -0.115. The van der Waals surface area contributed by atoms with Crippen LogP contribution in [0.2, 0.25) is 0 Å². The van der Waals surface area contributed by atoms with Gasteiger partial charge in [0.1, 0.15) is 11.4 Å². The average Bonchev–Trinajstić information content (AvgIpc) is 2.97. The van der Waals surface area contributed by atoms with Gasteiger partial charge in [0, 0.05) is 23.5 Å². The molecule has 1 aromatic carbocycles. The Labute approximate surface area is 154 Å². The van der Waals surface area contributed by atoms with Crippen LogP contribution in [0.25, 0.3) is 10.9 Å². The summed E-state index contributed by atoms with van der Waals surface area (Å²) in [5, 5.41) is 0.785. The van der Waals surface area contributed by atoms with Gasteiger partial charge in [-0.1, -0.05) is 6.92 Å². The zero-order valence-electron chi connectivity index (χ0n) is 16.3. The van der Waals surface area contributed by atoms with Crippen LogP contribution in [0.15, 0.2) is 18.2 Å². The number of hydrogen-bond acceptors (Lipinski definition) is 5. The van der Waals surface area contributed by atoms with Crippen molar-refractivity contribution in [1.29, 1.82) is 0 Å². The molecular weight excluding hydrogens is 334 g/mol. The van der Waals surface area contributed by atoms with E-state index < -0.39 is 11.4 Å². The van der Waals surface area contributed by atoms with Gasteiger partial charge < -0.3 is 18.8 Å². The van der Waals surface area contributed by atoms with Gasteiger partial charge in [-0.2, -0.15) is 0 Å². The van der Waals surface area contributed by atoms with Gasteiger partial charge in [-0.05, 0) is 45.4 Å². The van der Waals surface area contributed by atoms with Crippen LogP contribution in [0.5, 0.6) is 5.75 Å². The molecule has 0 amide bonds. The zero-order valence-corrected chi connectivity index (χ0v) is 16.3. The molecule has 1 aromatic heterocycles. The van der Waals surface area contributed by atoms with Crippen LogP contribution in [0.1, 0.15) is 50.2 Å². The second kappa shape index (κ2) is 7.81. The number of aryl methyl sites for hydroxylation is 1. The lowest BCUT2D eigenvalue weighted by Crippen LogP contribution is -2.34. The number of hydrogen-bond donors (Lipinski definition) is 0. The molecule has 2 rings (SSSR count). The molecule has 0 fully saturated rings. The molecule has 0 bridgehead atoms. The summed E-state index contributed by atoms with van der Waals surface area (Å²) < 4.78 is 17.8. The summed E-state index contributed by atoms with van der Waals surface area (Å²) in [7, 11) is 3.37. The maximum absolute atomic E-state index is 12.8. The van der Waals surface area contributed by atoms with Gasteiger partial charge in [-0.25, -0.2) is 4.79 Å². The summed E-state index contributed by atoms with van der Waals surface area (Å²) in [5.41, 5.74) is 1.09. The third-order valence-corrected chi connectivity index (χ3v) is 4.88. The number of aromatic nitrogens is 1. The van der Waals surface area contributed by atoms with Gasteiger partial charge in [0.05, 0.1) is 25.7 Å². The average molecular weight is 361 g/mol. The second-order valence-corrected chi connectivity index (χ2v) is 6.29. The van der Waals surface area contributed by atoms with Crippen molar-refractivity contribution in [3.8, 4) is 5.75 Å². The van der Waals surface area contributed by atoms with E-state index in [4.69, 9.17) is 14.2 Å². The Morgan fingerprint density at radius 1 is 1.12 bits per heavy atom. The third kappa shape index (κ3) is 3.16. The van der Waals surface area contributed by atoms with Crippen LogP contribution < -0.4 is 4.74 Å². The van der Waals surface area contributed by atoms with Crippen molar-refractivity contribution in [2.45, 2.75) is 39.5 Å². The largest absolute Gasteiger partial charge is 0.496 e. The van der Waals surface area contributed by atoms with Crippen molar-refractivity contribution in [1.82, 2.24) is 4.57 Å². The molecule has 0 aliphatic rings. The zero-order chi connectivity index (χ0) is 19.5. The van der Waals surface area contributed by atoms with Crippen LogP contribution in [0, 0.1) is 0 Å². The van der Waals surface area contributed by atoms with Gasteiger partial charge in [0.25, 0.3) is 0 Å². The van der Waals surface area contributed by atoms with E-state index >= 15 is 0 Å². The Balaban J connectivity index is 2.80. The molecule has 0 saturated heterocycles. The number of methoxy groups -OCH3 is 1.